The summed E-state index contributed by atoms with van der Waals surface area (Å²) in [6.07, 6.45) is 0. The quantitative estimate of drug-likeness (QED) is 0.907. The Morgan fingerprint density at radius 1 is 1.14 bits per heavy atom. The third kappa shape index (κ3) is 4.22. The Balaban J connectivity index is 1.89. The van der Waals surface area contributed by atoms with Gasteiger partial charge in [-0.05, 0) is 42.3 Å². The second-order valence-electron chi connectivity index (χ2n) is 5.35. The Morgan fingerprint density at radius 2 is 1.82 bits per heavy atom. The van der Waals surface area contributed by atoms with Crippen LogP contribution in [0.4, 0.5) is 20.6 Å². The number of carbonyl (C=O) groups is 1. The summed E-state index contributed by atoms with van der Waals surface area (Å²) in [5.74, 6) is -0.439. The van der Waals surface area contributed by atoms with Crippen molar-refractivity contribution in [1.82, 2.24) is 5.32 Å². The van der Waals surface area contributed by atoms with E-state index >= 15 is 0 Å². The highest BCUT2D eigenvalue weighted by Crippen LogP contribution is 2.15. The van der Waals surface area contributed by atoms with Crippen LogP contribution in [0.15, 0.2) is 42.5 Å². The zero-order valence-electron chi connectivity index (χ0n) is 13.0. The molecule has 2 amide bonds. The molecule has 0 spiro atoms. The van der Waals surface area contributed by atoms with E-state index in [4.69, 9.17) is 0 Å². The van der Waals surface area contributed by atoms with E-state index in [9.17, 15) is 9.18 Å². The largest absolute Gasteiger partial charge is 0.378 e. The molecule has 22 heavy (non-hydrogen) atoms. The van der Waals surface area contributed by atoms with E-state index in [0.717, 1.165) is 16.8 Å². The molecule has 0 aliphatic carbocycles. The first-order chi connectivity index (χ1) is 10.5. The number of nitrogens with zero attached hydrogens (tertiary/aromatic N) is 1. The molecule has 0 unspecified atom stereocenters. The number of carbonyl (C=O) groups excluding carboxylic acids is 1. The minimum absolute atomic E-state index is 0.172. The summed E-state index contributed by atoms with van der Waals surface area (Å²) in [6.45, 7) is 2.18. The van der Waals surface area contributed by atoms with E-state index in [1.54, 1.807) is 19.1 Å². The van der Waals surface area contributed by atoms with Crippen LogP contribution in [0, 0.1) is 12.7 Å². The van der Waals surface area contributed by atoms with Gasteiger partial charge in [0.25, 0.3) is 0 Å². The Hall–Kier alpha value is -2.56. The van der Waals surface area contributed by atoms with Gasteiger partial charge in [-0.25, -0.2) is 9.18 Å². The fourth-order valence-corrected chi connectivity index (χ4v) is 1.98. The van der Waals surface area contributed by atoms with Gasteiger partial charge in [0, 0.05) is 26.3 Å². The van der Waals surface area contributed by atoms with E-state index in [1.807, 2.05) is 43.3 Å². The SMILES string of the molecule is Cc1ccc(NC(=O)NCc2ccc(N(C)C)cc2)c(F)c1. The summed E-state index contributed by atoms with van der Waals surface area (Å²) in [5.41, 5.74) is 3.05. The molecule has 0 radical (unpaired) electrons. The van der Waals surface area contributed by atoms with Gasteiger partial charge >= 0.3 is 6.03 Å². The molecule has 0 aromatic heterocycles. The maximum absolute atomic E-state index is 13.6. The van der Waals surface area contributed by atoms with Crippen LogP contribution in [-0.2, 0) is 6.54 Å². The Morgan fingerprint density at radius 3 is 2.41 bits per heavy atom. The first-order valence-electron chi connectivity index (χ1n) is 7.03. The van der Waals surface area contributed by atoms with Crippen LogP contribution in [0.5, 0.6) is 0 Å². The summed E-state index contributed by atoms with van der Waals surface area (Å²) in [7, 11) is 3.94. The van der Waals surface area contributed by atoms with Crippen molar-refractivity contribution >= 4 is 17.4 Å². The van der Waals surface area contributed by atoms with Crippen molar-refractivity contribution in [3.8, 4) is 0 Å². The smallest absolute Gasteiger partial charge is 0.319 e. The number of halogens is 1. The summed E-state index contributed by atoms with van der Waals surface area (Å²) in [4.78, 5) is 13.8. The normalized spacial score (nSPS) is 10.2. The Kier molecular flexibility index (Phi) is 4.99. The van der Waals surface area contributed by atoms with Crippen LogP contribution in [0.25, 0.3) is 0 Å². The van der Waals surface area contributed by atoms with Crippen molar-refractivity contribution in [2.24, 2.45) is 0 Å². The summed E-state index contributed by atoms with van der Waals surface area (Å²) in [5, 5.41) is 5.21. The lowest BCUT2D eigenvalue weighted by atomic mass is 10.2. The van der Waals surface area contributed by atoms with Gasteiger partial charge in [-0.15, -0.1) is 0 Å². The minimum Gasteiger partial charge on any atom is -0.378 e. The predicted molar refractivity (Wildman–Crippen MR) is 87.8 cm³/mol. The van der Waals surface area contributed by atoms with Gasteiger partial charge in [-0.3, -0.25) is 0 Å². The van der Waals surface area contributed by atoms with Crippen molar-refractivity contribution in [3.63, 3.8) is 0 Å². The number of hydrogen-bond acceptors (Lipinski definition) is 2. The molecule has 0 saturated carbocycles. The molecule has 2 rings (SSSR count). The van der Waals surface area contributed by atoms with Crippen LogP contribution in [0.3, 0.4) is 0 Å². The van der Waals surface area contributed by atoms with Crippen LogP contribution >= 0.6 is 0 Å². The molecule has 0 fully saturated rings. The lowest BCUT2D eigenvalue weighted by Crippen LogP contribution is -2.28. The fraction of sp³-hybridized carbons (Fsp3) is 0.235. The third-order valence-electron chi connectivity index (χ3n) is 3.28. The lowest BCUT2D eigenvalue weighted by Gasteiger charge is -2.13. The van der Waals surface area contributed by atoms with Gasteiger partial charge in [-0.2, -0.15) is 0 Å². The third-order valence-corrected chi connectivity index (χ3v) is 3.28. The first kappa shape index (κ1) is 15.8. The Labute approximate surface area is 129 Å². The number of urea groups is 1. The number of anilines is 2. The molecule has 4 nitrogen and oxygen atoms in total. The Bertz CT molecular complexity index is 653. The zero-order valence-corrected chi connectivity index (χ0v) is 13.0. The molecule has 2 N–H and O–H groups in total. The van der Waals surface area contributed by atoms with E-state index < -0.39 is 11.8 Å². The van der Waals surface area contributed by atoms with Crippen molar-refractivity contribution < 1.29 is 9.18 Å². The van der Waals surface area contributed by atoms with Gasteiger partial charge in [0.15, 0.2) is 0 Å². The molecule has 0 aliphatic heterocycles. The van der Waals surface area contributed by atoms with E-state index in [1.165, 1.54) is 6.07 Å². The molecular formula is C17H20FN3O. The van der Waals surface area contributed by atoms with Crippen LogP contribution in [0.2, 0.25) is 0 Å². The first-order valence-corrected chi connectivity index (χ1v) is 7.03. The molecule has 0 heterocycles. The molecule has 0 saturated heterocycles. The minimum atomic E-state index is -0.439. The highest BCUT2D eigenvalue weighted by molar-refractivity contribution is 5.89. The maximum Gasteiger partial charge on any atom is 0.319 e. The second-order valence-corrected chi connectivity index (χ2v) is 5.35. The summed E-state index contributed by atoms with van der Waals surface area (Å²) in [6, 6.07) is 12.1. The monoisotopic (exact) mass is 301 g/mol. The molecular weight excluding hydrogens is 281 g/mol. The van der Waals surface area contributed by atoms with Crippen LogP contribution in [0.1, 0.15) is 11.1 Å². The van der Waals surface area contributed by atoms with Gasteiger partial charge < -0.3 is 15.5 Å². The standard InChI is InChI=1S/C17H20FN3O/c1-12-4-9-16(15(18)10-12)20-17(22)19-11-13-5-7-14(8-6-13)21(2)3/h4-10H,11H2,1-3H3,(H2,19,20,22). The summed E-state index contributed by atoms with van der Waals surface area (Å²) >= 11 is 0. The topological polar surface area (TPSA) is 44.4 Å². The van der Waals surface area contributed by atoms with Crippen molar-refractivity contribution in [2.45, 2.75) is 13.5 Å². The molecule has 0 atom stereocenters. The number of hydrogen-bond donors (Lipinski definition) is 2. The molecule has 0 aliphatic rings. The number of nitrogens with one attached hydrogen (secondary N) is 2. The molecule has 2 aromatic carbocycles. The molecule has 116 valence electrons. The number of benzene rings is 2. The average Bonchev–Trinajstić information content (AvgIpc) is 2.48. The van der Waals surface area contributed by atoms with E-state index in [-0.39, 0.29) is 5.69 Å². The maximum atomic E-state index is 13.6. The van der Waals surface area contributed by atoms with Crippen molar-refractivity contribution in [1.29, 1.82) is 0 Å². The van der Waals surface area contributed by atoms with Crippen molar-refractivity contribution in [3.05, 3.63) is 59.4 Å². The van der Waals surface area contributed by atoms with Crippen molar-refractivity contribution in [2.75, 3.05) is 24.3 Å². The van der Waals surface area contributed by atoms with Gasteiger partial charge in [-0.1, -0.05) is 18.2 Å². The highest BCUT2D eigenvalue weighted by Gasteiger charge is 2.06. The fourth-order valence-electron chi connectivity index (χ4n) is 1.98. The van der Waals surface area contributed by atoms with Gasteiger partial charge in [0.1, 0.15) is 5.82 Å². The molecule has 5 heteroatoms. The zero-order chi connectivity index (χ0) is 16.1. The predicted octanol–water partition coefficient (Wildman–Crippen LogP) is 3.52. The van der Waals surface area contributed by atoms with E-state index in [0.29, 0.717) is 6.54 Å². The van der Waals surface area contributed by atoms with E-state index in [2.05, 4.69) is 10.6 Å². The van der Waals surface area contributed by atoms with Gasteiger partial charge in [0.05, 0.1) is 5.69 Å². The highest BCUT2D eigenvalue weighted by atomic mass is 19.1. The van der Waals surface area contributed by atoms with Crippen LogP contribution in [-0.4, -0.2) is 20.1 Å². The number of aryl methyl sites for hydroxylation is 1. The second kappa shape index (κ2) is 6.93. The molecule has 0 bridgehead atoms. The summed E-state index contributed by atoms with van der Waals surface area (Å²) < 4.78 is 13.6. The van der Waals surface area contributed by atoms with Gasteiger partial charge in [0.2, 0.25) is 0 Å². The lowest BCUT2D eigenvalue weighted by molar-refractivity contribution is 0.251. The molecule has 2 aromatic rings. The number of rotatable bonds is 4. The number of amides is 2. The average molecular weight is 301 g/mol. The van der Waals surface area contributed by atoms with Crippen LogP contribution < -0.4 is 15.5 Å².